The van der Waals surface area contributed by atoms with E-state index in [4.69, 9.17) is 25.8 Å². The predicted molar refractivity (Wildman–Crippen MR) is 125 cm³/mol. The van der Waals surface area contributed by atoms with Crippen molar-refractivity contribution in [2.45, 2.75) is 20.0 Å². The maximum atomic E-state index is 12.7. The Morgan fingerprint density at radius 3 is 2.35 bits per heavy atom. The molecule has 0 N–H and O–H groups in total. The van der Waals surface area contributed by atoms with E-state index in [1.54, 1.807) is 32.4 Å². The van der Waals surface area contributed by atoms with Crippen LogP contribution in [0.2, 0.25) is 5.02 Å². The number of para-hydroxylation sites is 2. The summed E-state index contributed by atoms with van der Waals surface area (Å²) in [7, 11) is 3.24. The van der Waals surface area contributed by atoms with Crippen molar-refractivity contribution in [2.75, 3.05) is 45.3 Å². The molecule has 0 saturated carbocycles. The average molecular weight is 445 g/mol. The highest BCUT2D eigenvalue weighted by Crippen LogP contribution is 2.37. The highest BCUT2D eigenvalue weighted by Gasteiger charge is 2.21. The third-order valence-electron chi connectivity index (χ3n) is 5.04. The van der Waals surface area contributed by atoms with Crippen molar-refractivity contribution in [3.63, 3.8) is 0 Å². The van der Waals surface area contributed by atoms with Crippen LogP contribution in [-0.2, 0) is 4.79 Å². The number of halogens is 1. The Morgan fingerprint density at radius 1 is 1.03 bits per heavy atom. The Morgan fingerprint density at radius 2 is 1.71 bits per heavy atom. The van der Waals surface area contributed by atoms with Crippen LogP contribution in [0.5, 0.6) is 17.2 Å². The number of nitrogens with zero attached hydrogens (tertiary/aromatic N) is 2. The number of piperazine rings is 1. The summed E-state index contributed by atoms with van der Waals surface area (Å²) in [4.78, 5) is 16.8. The molecule has 1 saturated heterocycles. The summed E-state index contributed by atoms with van der Waals surface area (Å²) in [6.07, 6.45) is 3.30. The summed E-state index contributed by atoms with van der Waals surface area (Å²) in [5, 5.41) is 0.450. The topological polar surface area (TPSA) is 51.2 Å². The molecule has 2 aromatic carbocycles. The molecule has 1 amide bonds. The molecular weight excluding hydrogens is 416 g/mol. The Hall–Kier alpha value is -2.86. The smallest absolute Gasteiger partial charge is 0.246 e. The number of carbonyl (C=O) groups is 1. The zero-order valence-electron chi connectivity index (χ0n) is 18.4. The first-order valence-electron chi connectivity index (χ1n) is 10.3. The van der Waals surface area contributed by atoms with Crippen molar-refractivity contribution in [3.05, 3.63) is 53.1 Å². The number of benzene rings is 2. The molecule has 1 fully saturated rings. The normalized spacial score (nSPS) is 14.3. The standard InChI is InChI=1S/C24H29ClN2O4/c1-17(2)31-24-19(25)15-18(16-22(24)30-4)9-10-23(28)27-13-11-26(12-14-27)20-7-5-6-8-21(20)29-3/h5-10,15-17H,11-14H2,1-4H3/b10-9+. The van der Waals surface area contributed by atoms with Gasteiger partial charge in [-0.3, -0.25) is 4.79 Å². The molecule has 2 aromatic rings. The fourth-order valence-electron chi connectivity index (χ4n) is 3.52. The molecule has 6 nitrogen and oxygen atoms in total. The van der Waals surface area contributed by atoms with Crippen LogP contribution < -0.4 is 19.1 Å². The SMILES string of the molecule is COc1ccccc1N1CCN(C(=O)/C=C/c2cc(Cl)c(OC(C)C)c(OC)c2)CC1. The Kier molecular flexibility index (Phi) is 7.69. The Bertz CT molecular complexity index is 937. The minimum atomic E-state index is -0.0303. The summed E-state index contributed by atoms with van der Waals surface area (Å²) < 4.78 is 16.6. The van der Waals surface area contributed by atoms with Crippen molar-refractivity contribution in [2.24, 2.45) is 0 Å². The molecule has 3 rings (SSSR count). The lowest BCUT2D eigenvalue weighted by Gasteiger charge is -2.36. The lowest BCUT2D eigenvalue weighted by atomic mass is 10.1. The van der Waals surface area contributed by atoms with Gasteiger partial charge in [-0.2, -0.15) is 0 Å². The average Bonchev–Trinajstić information content (AvgIpc) is 2.78. The van der Waals surface area contributed by atoms with Gasteiger partial charge in [0.25, 0.3) is 0 Å². The molecule has 1 aliphatic rings. The number of amides is 1. The number of hydrogen-bond donors (Lipinski definition) is 0. The molecule has 0 bridgehead atoms. The molecule has 0 radical (unpaired) electrons. The number of hydrogen-bond acceptors (Lipinski definition) is 5. The third-order valence-corrected chi connectivity index (χ3v) is 5.32. The first-order valence-corrected chi connectivity index (χ1v) is 10.7. The molecule has 0 aromatic heterocycles. The van der Waals surface area contributed by atoms with Crippen molar-refractivity contribution >= 4 is 29.3 Å². The first-order chi connectivity index (χ1) is 14.9. The van der Waals surface area contributed by atoms with E-state index in [2.05, 4.69) is 4.90 Å². The molecule has 7 heteroatoms. The summed E-state index contributed by atoms with van der Waals surface area (Å²) in [6.45, 7) is 6.65. The van der Waals surface area contributed by atoms with Gasteiger partial charge in [0, 0.05) is 32.3 Å². The number of carbonyl (C=O) groups excluding carboxylic acids is 1. The second-order valence-electron chi connectivity index (χ2n) is 7.52. The second-order valence-corrected chi connectivity index (χ2v) is 7.93. The van der Waals surface area contributed by atoms with Crippen LogP contribution in [0.25, 0.3) is 6.08 Å². The summed E-state index contributed by atoms with van der Waals surface area (Å²) >= 11 is 6.37. The Balaban J connectivity index is 1.64. The fourth-order valence-corrected chi connectivity index (χ4v) is 3.78. The van der Waals surface area contributed by atoms with E-state index in [1.807, 2.05) is 49.1 Å². The van der Waals surface area contributed by atoms with Crippen LogP contribution in [0.3, 0.4) is 0 Å². The van der Waals surface area contributed by atoms with Crippen molar-refractivity contribution in [1.29, 1.82) is 0 Å². The van der Waals surface area contributed by atoms with Gasteiger partial charge in [0.1, 0.15) is 5.75 Å². The van der Waals surface area contributed by atoms with Gasteiger partial charge in [-0.05, 0) is 49.8 Å². The monoisotopic (exact) mass is 444 g/mol. The Labute approximate surface area is 188 Å². The fraction of sp³-hybridized carbons (Fsp3) is 0.375. The van der Waals surface area contributed by atoms with Gasteiger partial charge in [0.05, 0.1) is 31.0 Å². The zero-order valence-corrected chi connectivity index (χ0v) is 19.2. The number of rotatable bonds is 7. The zero-order chi connectivity index (χ0) is 22.4. The van der Waals surface area contributed by atoms with Crippen molar-refractivity contribution < 1.29 is 19.0 Å². The molecule has 0 atom stereocenters. The van der Waals surface area contributed by atoms with Gasteiger partial charge in [0.2, 0.25) is 5.91 Å². The minimum absolute atomic E-state index is 0.0242. The van der Waals surface area contributed by atoms with E-state index < -0.39 is 0 Å². The van der Waals surface area contributed by atoms with Crippen LogP contribution in [-0.4, -0.2) is 57.3 Å². The second kappa shape index (κ2) is 10.4. The van der Waals surface area contributed by atoms with Crippen molar-refractivity contribution in [1.82, 2.24) is 4.90 Å². The van der Waals surface area contributed by atoms with E-state index in [9.17, 15) is 4.79 Å². The van der Waals surface area contributed by atoms with Gasteiger partial charge in [-0.15, -0.1) is 0 Å². The number of anilines is 1. The van der Waals surface area contributed by atoms with Gasteiger partial charge >= 0.3 is 0 Å². The highest BCUT2D eigenvalue weighted by molar-refractivity contribution is 6.32. The van der Waals surface area contributed by atoms with Crippen LogP contribution >= 0.6 is 11.6 Å². The molecule has 166 valence electrons. The van der Waals surface area contributed by atoms with E-state index >= 15 is 0 Å². The minimum Gasteiger partial charge on any atom is -0.495 e. The predicted octanol–water partition coefficient (Wildman–Crippen LogP) is 4.51. The third kappa shape index (κ3) is 5.64. The van der Waals surface area contributed by atoms with E-state index in [1.165, 1.54) is 0 Å². The lowest BCUT2D eigenvalue weighted by molar-refractivity contribution is -0.126. The summed E-state index contributed by atoms with van der Waals surface area (Å²) in [5.74, 6) is 1.86. The van der Waals surface area contributed by atoms with E-state index in [-0.39, 0.29) is 12.0 Å². The highest BCUT2D eigenvalue weighted by atomic mass is 35.5. The van der Waals surface area contributed by atoms with Crippen molar-refractivity contribution in [3.8, 4) is 17.2 Å². The van der Waals surface area contributed by atoms with Crippen LogP contribution in [0.15, 0.2) is 42.5 Å². The number of methoxy groups -OCH3 is 2. The molecule has 31 heavy (non-hydrogen) atoms. The van der Waals surface area contributed by atoms with Gasteiger partial charge in [-0.1, -0.05) is 23.7 Å². The molecule has 1 heterocycles. The maximum Gasteiger partial charge on any atom is 0.246 e. The maximum absolute atomic E-state index is 12.7. The van der Waals surface area contributed by atoms with Crippen LogP contribution in [0, 0.1) is 0 Å². The van der Waals surface area contributed by atoms with Gasteiger partial charge in [0.15, 0.2) is 11.5 Å². The van der Waals surface area contributed by atoms with Crippen LogP contribution in [0.1, 0.15) is 19.4 Å². The molecule has 0 aliphatic carbocycles. The van der Waals surface area contributed by atoms with E-state index in [0.717, 1.165) is 30.1 Å². The molecule has 0 unspecified atom stereocenters. The first kappa shape index (κ1) is 22.8. The summed E-state index contributed by atoms with van der Waals surface area (Å²) in [6, 6.07) is 11.5. The lowest BCUT2D eigenvalue weighted by Crippen LogP contribution is -2.48. The molecule has 0 spiro atoms. The van der Waals surface area contributed by atoms with Gasteiger partial charge in [-0.25, -0.2) is 0 Å². The molecule has 1 aliphatic heterocycles. The number of ether oxygens (including phenoxy) is 3. The summed E-state index contributed by atoms with van der Waals surface area (Å²) in [5.41, 5.74) is 1.83. The van der Waals surface area contributed by atoms with Crippen LogP contribution in [0.4, 0.5) is 5.69 Å². The van der Waals surface area contributed by atoms with E-state index in [0.29, 0.717) is 29.6 Å². The quantitative estimate of drug-likeness (QED) is 0.588. The molecular formula is C24H29ClN2O4. The largest absolute Gasteiger partial charge is 0.495 e. The van der Waals surface area contributed by atoms with Gasteiger partial charge < -0.3 is 24.0 Å².